The second-order valence-electron chi connectivity index (χ2n) is 7.14. The van der Waals surface area contributed by atoms with Crippen LogP contribution in [0.5, 0.6) is 11.5 Å². The van der Waals surface area contributed by atoms with E-state index in [1.54, 1.807) is 47.8 Å². The van der Waals surface area contributed by atoms with Crippen LogP contribution in [-0.4, -0.2) is 45.6 Å². The maximum Gasteiger partial charge on any atom is 0.243 e. The molecule has 0 saturated heterocycles. The average Bonchev–Trinajstić information content (AvgIpc) is 3.57. The van der Waals surface area contributed by atoms with Crippen molar-refractivity contribution in [2.75, 3.05) is 6.54 Å². The number of furan rings is 1. The van der Waals surface area contributed by atoms with Gasteiger partial charge in [-0.2, -0.15) is 4.31 Å². The number of rotatable bonds is 6. The average molecular weight is 484 g/mol. The second-order valence-corrected chi connectivity index (χ2v) is 9.08. The van der Waals surface area contributed by atoms with Crippen molar-refractivity contribution >= 4 is 16.4 Å². The number of sulfonamides is 1. The number of ether oxygens (including phenoxy) is 1. The van der Waals surface area contributed by atoms with Gasteiger partial charge in [0.25, 0.3) is 0 Å². The number of fused-ring (bicyclic) bond motifs is 1. The number of carbonyl (C=O) groups is 1. The summed E-state index contributed by atoms with van der Waals surface area (Å²) >= 11 is 0. The van der Waals surface area contributed by atoms with Gasteiger partial charge < -0.3 is 9.15 Å². The van der Waals surface area contributed by atoms with Gasteiger partial charge in [0.05, 0.1) is 17.7 Å². The summed E-state index contributed by atoms with van der Waals surface area (Å²) < 4.78 is 40.4. The first-order valence-corrected chi connectivity index (χ1v) is 11.6. The van der Waals surface area contributed by atoms with Crippen LogP contribution in [0.2, 0.25) is 0 Å². The lowest BCUT2D eigenvalue weighted by Crippen LogP contribution is -2.35. The lowest BCUT2D eigenvalue weighted by molar-refractivity contribution is -0.116. The molecule has 2 aromatic carbocycles. The number of hydrogen-bond donors (Lipinski definition) is 2. The van der Waals surface area contributed by atoms with Crippen molar-refractivity contribution in [2.24, 2.45) is 0 Å². The molecule has 0 aliphatic carbocycles. The molecule has 1 aliphatic rings. The molecule has 1 amide bonds. The summed E-state index contributed by atoms with van der Waals surface area (Å²) in [5.41, 5.74) is 3.23. The van der Waals surface area contributed by atoms with Crippen LogP contribution >= 0.6 is 0 Å². The summed E-state index contributed by atoms with van der Waals surface area (Å²) in [6.45, 7) is 0.688. The molecule has 176 valence electrons. The molecule has 5 rings (SSSR count). The van der Waals surface area contributed by atoms with Gasteiger partial charge in [0, 0.05) is 12.2 Å². The molecule has 4 aromatic rings. The van der Waals surface area contributed by atoms with E-state index in [1.165, 1.54) is 9.79 Å². The molecule has 0 radical (unpaired) electrons. The number of amides is 1. The molecule has 2 N–H and O–H groups in total. The van der Waals surface area contributed by atoms with Crippen LogP contribution in [0.25, 0.3) is 5.69 Å². The van der Waals surface area contributed by atoms with E-state index in [9.17, 15) is 8.42 Å². The van der Waals surface area contributed by atoms with Crippen molar-refractivity contribution in [1.29, 1.82) is 0 Å². The molecule has 2 aromatic heterocycles. The molecule has 0 saturated carbocycles. The third-order valence-electron chi connectivity index (χ3n) is 5.09. The SMILES string of the molecule is O=CNO.O=S(=O)(c1ccc(Oc2ccc(-n3cnnc3)cc2)cc1)N1CCc2ccoc2C1. The van der Waals surface area contributed by atoms with Gasteiger partial charge in [0.15, 0.2) is 0 Å². The molecule has 0 spiro atoms. The standard InChI is InChI=1S/C21H18N4O4S.CH3NO2/c26-30(27,25-11-9-16-10-12-28-21(16)13-25)20-7-5-19(6-8-20)29-18-3-1-17(2-4-18)24-14-22-23-15-24;3-1-2-4/h1-8,10,12,14-15H,9,11,13H2;1,4H,(H,2,3). The first-order chi connectivity index (χ1) is 16.5. The number of nitrogens with one attached hydrogen (secondary N) is 1. The zero-order valence-corrected chi connectivity index (χ0v) is 18.6. The first kappa shape index (κ1) is 23.2. The number of nitrogens with zero attached hydrogens (tertiary/aromatic N) is 4. The summed E-state index contributed by atoms with van der Waals surface area (Å²) in [6, 6.07) is 15.8. The predicted molar refractivity (Wildman–Crippen MR) is 119 cm³/mol. The maximum atomic E-state index is 13.0. The fourth-order valence-corrected chi connectivity index (χ4v) is 4.80. The highest BCUT2D eigenvalue weighted by Gasteiger charge is 2.29. The Labute approximate surface area is 195 Å². The van der Waals surface area contributed by atoms with Gasteiger partial charge in [-0.05, 0) is 66.6 Å². The Kier molecular flexibility index (Phi) is 7.01. The topological polar surface area (TPSA) is 140 Å². The number of hydrogen-bond acceptors (Lipinski definition) is 8. The molecule has 12 heteroatoms. The molecular weight excluding hydrogens is 462 g/mol. The summed E-state index contributed by atoms with van der Waals surface area (Å²) in [4.78, 5) is 9.04. The van der Waals surface area contributed by atoms with Crippen molar-refractivity contribution in [1.82, 2.24) is 24.5 Å². The molecular formula is C22H21N5O6S. The quantitative estimate of drug-likeness (QED) is 0.242. The molecule has 0 unspecified atom stereocenters. The number of benzene rings is 2. The smallest absolute Gasteiger partial charge is 0.243 e. The van der Waals surface area contributed by atoms with Crippen LogP contribution in [0.4, 0.5) is 0 Å². The zero-order chi connectivity index (χ0) is 24.0. The molecule has 3 heterocycles. The lowest BCUT2D eigenvalue weighted by Gasteiger charge is -2.25. The Morgan fingerprint density at radius 3 is 2.24 bits per heavy atom. The van der Waals surface area contributed by atoms with E-state index in [-0.39, 0.29) is 17.9 Å². The lowest BCUT2D eigenvalue weighted by atomic mass is 10.1. The fraction of sp³-hybridized carbons (Fsp3) is 0.136. The molecule has 1 aliphatic heterocycles. The van der Waals surface area contributed by atoms with Crippen LogP contribution in [0.3, 0.4) is 0 Å². The van der Waals surface area contributed by atoms with E-state index in [2.05, 4.69) is 10.2 Å². The molecule has 0 atom stereocenters. The van der Waals surface area contributed by atoms with E-state index in [1.807, 2.05) is 30.3 Å². The van der Waals surface area contributed by atoms with Crippen LogP contribution in [0, 0.1) is 0 Å². The predicted octanol–water partition coefficient (Wildman–Crippen LogP) is 2.52. The van der Waals surface area contributed by atoms with E-state index in [0.717, 1.165) is 11.3 Å². The van der Waals surface area contributed by atoms with Crippen molar-refractivity contribution < 1.29 is 27.6 Å². The molecule has 0 bridgehead atoms. The monoisotopic (exact) mass is 483 g/mol. The highest BCUT2D eigenvalue weighted by atomic mass is 32.2. The molecule has 0 fully saturated rings. The highest BCUT2D eigenvalue weighted by molar-refractivity contribution is 7.89. The Balaban J connectivity index is 0.000000636. The van der Waals surface area contributed by atoms with Gasteiger partial charge >= 0.3 is 0 Å². The van der Waals surface area contributed by atoms with Gasteiger partial charge in [-0.15, -0.1) is 10.2 Å². The van der Waals surface area contributed by atoms with Crippen molar-refractivity contribution in [3.8, 4) is 17.2 Å². The largest absolute Gasteiger partial charge is 0.468 e. The Hall–Kier alpha value is -4.00. The number of hydroxylamine groups is 1. The van der Waals surface area contributed by atoms with E-state index in [0.29, 0.717) is 30.2 Å². The minimum Gasteiger partial charge on any atom is -0.468 e. The maximum absolute atomic E-state index is 13.0. The Bertz CT molecular complexity index is 1320. The fourth-order valence-electron chi connectivity index (χ4n) is 3.40. The third-order valence-corrected chi connectivity index (χ3v) is 6.95. The van der Waals surface area contributed by atoms with Crippen LogP contribution in [0.1, 0.15) is 11.3 Å². The normalized spacial score (nSPS) is 13.3. The van der Waals surface area contributed by atoms with Gasteiger partial charge in [0.1, 0.15) is 29.9 Å². The molecule has 11 nitrogen and oxygen atoms in total. The summed E-state index contributed by atoms with van der Waals surface area (Å²) in [5, 5.41) is 14.8. The number of aromatic nitrogens is 3. The van der Waals surface area contributed by atoms with E-state index in [4.69, 9.17) is 19.2 Å². The molecule has 34 heavy (non-hydrogen) atoms. The minimum absolute atomic E-state index is 0.181. The van der Waals surface area contributed by atoms with Crippen LogP contribution in [0.15, 0.2) is 82.8 Å². The van der Waals surface area contributed by atoms with Crippen molar-refractivity contribution in [3.63, 3.8) is 0 Å². The van der Waals surface area contributed by atoms with Gasteiger partial charge in [0.2, 0.25) is 16.4 Å². The third kappa shape index (κ3) is 5.14. The first-order valence-electron chi connectivity index (χ1n) is 10.1. The Morgan fingerprint density at radius 1 is 1.00 bits per heavy atom. The number of carbonyl (C=O) groups excluding carboxylic acids is 1. The zero-order valence-electron chi connectivity index (χ0n) is 17.8. The van der Waals surface area contributed by atoms with E-state index >= 15 is 0 Å². The Morgan fingerprint density at radius 2 is 1.62 bits per heavy atom. The highest BCUT2D eigenvalue weighted by Crippen LogP contribution is 2.28. The summed E-state index contributed by atoms with van der Waals surface area (Å²) in [7, 11) is -3.60. The van der Waals surface area contributed by atoms with Crippen LogP contribution < -0.4 is 10.2 Å². The van der Waals surface area contributed by atoms with Gasteiger partial charge in [-0.1, -0.05) is 0 Å². The van der Waals surface area contributed by atoms with Crippen LogP contribution in [-0.2, 0) is 27.8 Å². The minimum atomic E-state index is -3.60. The summed E-state index contributed by atoms with van der Waals surface area (Å²) in [5.74, 6) is 1.90. The van der Waals surface area contributed by atoms with Crippen molar-refractivity contribution in [3.05, 3.63) is 84.8 Å². The van der Waals surface area contributed by atoms with E-state index < -0.39 is 10.0 Å². The summed E-state index contributed by atoms with van der Waals surface area (Å²) in [6.07, 6.45) is 5.66. The second kappa shape index (κ2) is 10.3. The van der Waals surface area contributed by atoms with Gasteiger partial charge in [-0.3, -0.25) is 14.6 Å². The van der Waals surface area contributed by atoms with Crippen molar-refractivity contribution in [2.45, 2.75) is 17.9 Å². The van der Waals surface area contributed by atoms with Gasteiger partial charge in [-0.25, -0.2) is 13.9 Å².